The highest BCUT2D eigenvalue weighted by Crippen LogP contribution is 2.34. The van der Waals surface area contributed by atoms with Crippen LogP contribution in [0.25, 0.3) is 10.4 Å². The van der Waals surface area contributed by atoms with Crippen molar-refractivity contribution < 1.29 is 0 Å². The summed E-state index contributed by atoms with van der Waals surface area (Å²) in [4.78, 5) is 2.60. The molecule has 0 atom stereocenters. The summed E-state index contributed by atoms with van der Waals surface area (Å²) in [5.74, 6) is 0. The predicted molar refractivity (Wildman–Crippen MR) is 81.5 cm³/mol. The molecule has 0 radical (unpaired) electrons. The van der Waals surface area contributed by atoms with Gasteiger partial charge in [0.1, 0.15) is 0 Å². The average Bonchev–Trinajstić information content (AvgIpc) is 2.81. The first-order chi connectivity index (χ1) is 8.70. The van der Waals surface area contributed by atoms with E-state index in [4.69, 9.17) is 11.6 Å². The summed E-state index contributed by atoms with van der Waals surface area (Å²) in [7, 11) is 0. The zero-order valence-electron chi connectivity index (χ0n) is 10.8. The van der Waals surface area contributed by atoms with Gasteiger partial charge in [0.2, 0.25) is 0 Å². The highest BCUT2D eigenvalue weighted by molar-refractivity contribution is 7.15. The normalized spacial score (nSPS) is 10.8. The molecular formula is C15H18ClNS. The first-order valence-corrected chi connectivity index (χ1v) is 7.46. The van der Waals surface area contributed by atoms with Gasteiger partial charge in [-0.3, -0.25) is 0 Å². The van der Waals surface area contributed by atoms with E-state index in [1.54, 1.807) is 0 Å². The second-order valence-corrected chi connectivity index (χ2v) is 6.00. The Balaban J connectivity index is 2.16. The first kappa shape index (κ1) is 13.6. The van der Waals surface area contributed by atoms with Gasteiger partial charge < -0.3 is 5.32 Å². The third-order valence-electron chi connectivity index (χ3n) is 2.77. The lowest BCUT2D eigenvalue weighted by molar-refractivity contribution is 0.681. The summed E-state index contributed by atoms with van der Waals surface area (Å²) in [6, 6.07) is 10.5. The van der Waals surface area contributed by atoms with E-state index >= 15 is 0 Å². The molecule has 2 rings (SSSR count). The highest BCUT2D eigenvalue weighted by Gasteiger charge is 2.07. The van der Waals surface area contributed by atoms with E-state index in [0.717, 1.165) is 23.7 Å². The maximum atomic E-state index is 6.26. The minimum Gasteiger partial charge on any atom is -0.312 e. The molecule has 2 aromatic rings. The molecule has 0 aliphatic rings. The molecule has 18 heavy (non-hydrogen) atoms. The van der Waals surface area contributed by atoms with Crippen LogP contribution in [0, 0.1) is 6.92 Å². The topological polar surface area (TPSA) is 12.0 Å². The molecule has 0 aliphatic carbocycles. The van der Waals surface area contributed by atoms with Crippen LogP contribution in [0.3, 0.4) is 0 Å². The molecule has 1 N–H and O–H groups in total. The fourth-order valence-electron chi connectivity index (χ4n) is 1.83. The molecule has 1 nitrogen and oxygen atoms in total. The van der Waals surface area contributed by atoms with Gasteiger partial charge in [-0.1, -0.05) is 30.2 Å². The Morgan fingerprint density at radius 3 is 2.83 bits per heavy atom. The molecule has 0 fully saturated rings. The Morgan fingerprint density at radius 2 is 2.06 bits per heavy atom. The van der Waals surface area contributed by atoms with Crippen molar-refractivity contribution in [2.45, 2.75) is 26.8 Å². The van der Waals surface area contributed by atoms with Crippen molar-refractivity contribution in [1.82, 2.24) is 5.32 Å². The van der Waals surface area contributed by atoms with Gasteiger partial charge in [0, 0.05) is 26.9 Å². The number of thiophene rings is 1. The van der Waals surface area contributed by atoms with Gasteiger partial charge in [-0.05, 0) is 44.2 Å². The van der Waals surface area contributed by atoms with E-state index in [9.17, 15) is 0 Å². The first-order valence-electron chi connectivity index (χ1n) is 6.26. The number of benzene rings is 1. The quantitative estimate of drug-likeness (QED) is 0.770. The van der Waals surface area contributed by atoms with Crippen LogP contribution in [0.2, 0.25) is 5.02 Å². The molecule has 0 amide bonds. The fraction of sp³-hybridized carbons (Fsp3) is 0.333. The zero-order valence-corrected chi connectivity index (χ0v) is 12.4. The van der Waals surface area contributed by atoms with Crippen molar-refractivity contribution >= 4 is 22.9 Å². The minimum atomic E-state index is 0.829. The smallest absolute Gasteiger partial charge is 0.0492 e. The Kier molecular flexibility index (Phi) is 4.81. The van der Waals surface area contributed by atoms with E-state index < -0.39 is 0 Å². The van der Waals surface area contributed by atoms with Gasteiger partial charge >= 0.3 is 0 Å². The molecule has 0 bridgehead atoms. The van der Waals surface area contributed by atoms with E-state index in [0.29, 0.717) is 0 Å². The van der Waals surface area contributed by atoms with E-state index in [2.05, 4.69) is 37.4 Å². The van der Waals surface area contributed by atoms with Gasteiger partial charge in [0.15, 0.2) is 0 Å². The van der Waals surface area contributed by atoms with Crippen molar-refractivity contribution in [3.8, 4) is 10.4 Å². The van der Waals surface area contributed by atoms with Crippen molar-refractivity contribution in [1.29, 1.82) is 0 Å². The number of rotatable bonds is 5. The second-order valence-electron chi connectivity index (χ2n) is 4.43. The molecule has 96 valence electrons. The van der Waals surface area contributed by atoms with Crippen molar-refractivity contribution in [2.24, 2.45) is 0 Å². The van der Waals surface area contributed by atoms with Crippen LogP contribution in [0.5, 0.6) is 0 Å². The minimum absolute atomic E-state index is 0.829. The molecule has 1 aromatic carbocycles. The van der Waals surface area contributed by atoms with Crippen LogP contribution < -0.4 is 5.32 Å². The van der Waals surface area contributed by atoms with Crippen LogP contribution in [0.1, 0.15) is 23.8 Å². The van der Waals surface area contributed by atoms with E-state index in [1.165, 1.54) is 21.7 Å². The summed E-state index contributed by atoms with van der Waals surface area (Å²) in [6.45, 7) is 6.29. The average molecular weight is 280 g/mol. The maximum absolute atomic E-state index is 6.26. The molecule has 0 saturated heterocycles. The lowest BCUT2D eigenvalue weighted by atomic mass is 10.1. The number of hydrogen-bond acceptors (Lipinski definition) is 2. The zero-order chi connectivity index (χ0) is 13.0. The lowest BCUT2D eigenvalue weighted by Gasteiger charge is -2.03. The Morgan fingerprint density at radius 1 is 1.22 bits per heavy atom. The third kappa shape index (κ3) is 3.35. The fourth-order valence-corrected chi connectivity index (χ4v) is 3.12. The summed E-state index contributed by atoms with van der Waals surface area (Å²) in [5.41, 5.74) is 2.39. The Bertz CT molecular complexity index is 519. The molecular weight excluding hydrogens is 262 g/mol. The van der Waals surface area contributed by atoms with Crippen LogP contribution in [0.4, 0.5) is 0 Å². The molecule has 0 saturated carbocycles. The molecule has 0 unspecified atom stereocenters. The second kappa shape index (κ2) is 6.37. The standard InChI is InChI=1S/C15H18ClNS/c1-3-8-17-10-12-5-7-15(18-12)13-9-11(2)4-6-14(13)16/h4-7,9,17H,3,8,10H2,1-2H3. The molecule has 3 heteroatoms. The highest BCUT2D eigenvalue weighted by atomic mass is 35.5. The van der Waals surface area contributed by atoms with Gasteiger partial charge in [-0.2, -0.15) is 0 Å². The summed E-state index contributed by atoms with van der Waals surface area (Å²) in [5, 5.41) is 4.25. The van der Waals surface area contributed by atoms with Crippen LogP contribution in [0.15, 0.2) is 30.3 Å². The largest absolute Gasteiger partial charge is 0.312 e. The third-order valence-corrected chi connectivity index (χ3v) is 4.22. The molecule has 0 aliphatic heterocycles. The lowest BCUT2D eigenvalue weighted by Crippen LogP contribution is -2.12. The maximum Gasteiger partial charge on any atom is 0.0492 e. The number of halogens is 1. The number of hydrogen-bond donors (Lipinski definition) is 1. The van der Waals surface area contributed by atoms with E-state index in [1.807, 2.05) is 23.5 Å². The van der Waals surface area contributed by atoms with Crippen molar-refractivity contribution in [3.63, 3.8) is 0 Å². The molecule has 1 heterocycles. The van der Waals surface area contributed by atoms with Gasteiger partial charge in [-0.25, -0.2) is 0 Å². The van der Waals surface area contributed by atoms with E-state index in [-0.39, 0.29) is 0 Å². The molecule has 0 spiro atoms. The van der Waals surface area contributed by atoms with Crippen LogP contribution in [-0.4, -0.2) is 6.54 Å². The monoisotopic (exact) mass is 279 g/mol. The summed E-state index contributed by atoms with van der Waals surface area (Å²) >= 11 is 8.07. The Hall–Kier alpha value is -0.830. The van der Waals surface area contributed by atoms with Crippen molar-refractivity contribution in [3.05, 3.63) is 45.8 Å². The SMILES string of the molecule is CCCNCc1ccc(-c2cc(C)ccc2Cl)s1. The van der Waals surface area contributed by atoms with Gasteiger partial charge in [0.25, 0.3) is 0 Å². The summed E-state index contributed by atoms with van der Waals surface area (Å²) in [6.07, 6.45) is 1.17. The Labute approximate surface area is 118 Å². The van der Waals surface area contributed by atoms with Crippen LogP contribution >= 0.6 is 22.9 Å². The van der Waals surface area contributed by atoms with Crippen molar-refractivity contribution in [2.75, 3.05) is 6.54 Å². The predicted octanol–water partition coefficient (Wildman–Crippen LogP) is 4.88. The van der Waals surface area contributed by atoms with Crippen LogP contribution in [-0.2, 0) is 6.54 Å². The number of nitrogens with one attached hydrogen (secondary N) is 1. The summed E-state index contributed by atoms with van der Waals surface area (Å²) < 4.78 is 0. The van der Waals surface area contributed by atoms with Gasteiger partial charge in [0.05, 0.1) is 0 Å². The number of aryl methyl sites for hydroxylation is 1. The molecule has 1 aromatic heterocycles. The van der Waals surface area contributed by atoms with Gasteiger partial charge in [-0.15, -0.1) is 11.3 Å².